The molecule has 2 heterocycles. The Hall–Kier alpha value is -1.88. The molecule has 5 heteroatoms. The van der Waals surface area contributed by atoms with Crippen molar-refractivity contribution in [1.82, 2.24) is 14.9 Å². The molecular formula is C16H22N4O. The summed E-state index contributed by atoms with van der Waals surface area (Å²) in [6.45, 7) is 8.41. The van der Waals surface area contributed by atoms with Gasteiger partial charge in [0.15, 0.2) is 0 Å². The van der Waals surface area contributed by atoms with E-state index < -0.39 is 0 Å². The van der Waals surface area contributed by atoms with Crippen LogP contribution in [-0.2, 0) is 0 Å². The molecule has 1 aliphatic heterocycles. The number of nitrogens with zero attached hydrogens (tertiary/aromatic N) is 3. The quantitative estimate of drug-likeness (QED) is 0.932. The highest BCUT2D eigenvalue weighted by atomic mass is 16.1. The molecule has 0 bridgehead atoms. The number of rotatable bonds is 4. The van der Waals surface area contributed by atoms with Gasteiger partial charge in [-0.1, -0.05) is 26.0 Å². The molecule has 1 fully saturated rings. The van der Waals surface area contributed by atoms with Crippen LogP contribution in [0.25, 0.3) is 10.9 Å². The third kappa shape index (κ3) is 2.65. The second-order valence-electron chi connectivity index (χ2n) is 5.52. The summed E-state index contributed by atoms with van der Waals surface area (Å²) in [5.74, 6) is 0.702. The number of para-hydroxylation sites is 1. The van der Waals surface area contributed by atoms with E-state index in [1.165, 1.54) is 0 Å². The number of aromatic amines is 1. The monoisotopic (exact) mass is 286 g/mol. The van der Waals surface area contributed by atoms with Crippen molar-refractivity contribution in [2.45, 2.75) is 26.3 Å². The number of anilines is 1. The lowest BCUT2D eigenvalue weighted by Gasteiger charge is -2.26. The van der Waals surface area contributed by atoms with Crippen LogP contribution in [0.5, 0.6) is 0 Å². The van der Waals surface area contributed by atoms with E-state index in [-0.39, 0.29) is 5.56 Å². The molecule has 21 heavy (non-hydrogen) atoms. The van der Waals surface area contributed by atoms with Gasteiger partial charge in [-0.15, -0.1) is 0 Å². The standard InChI is InChI=1S/C16H22N4O/c1-3-19(4-2)12-9-10-20(11-12)16-17-14-8-6-5-7-13(14)15(21)18-16/h5-8,12H,3-4,9-11H2,1-2H3,(H,17,18,21). The zero-order valence-electron chi connectivity index (χ0n) is 12.7. The van der Waals surface area contributed by atoms with Crippen molar-refractivity contribution in [1.29, 1.82) is 0 Å². The SMILES string of the molecule is CCN(CC)C1CCN(c2nc3ccccc3c(=O)[nH]2)C1. The average Bonchev–Trinajstić information content (AvgIpc) is 2.98. The van der Waals surface area contributed by atoms with Gasteiger partial charge in [0, 0.05) is 19.1 Å². The minimum atomic E-state index is -0.0538. The minimum absolute atomic E-state index is 0.0538. The molecule has 0 radical (unpaired) electrons. The summed E-state index contributed by atoms with van der Waals surface area (Å²) in [6, 6.07) is 8.04. The highest BCUT2D eigenvalue weighted by Gasteiger charge is 2.27. The highest BCUT2D eigenvalue weighted by Crippen LogP contribution is 2.20. The highest BCUT2D eigenvalue weighted by molar-refractivity contribution is 5.78. The molecule has 5 nitrogen and oxygen atoms in total. The molecular weight excluding hydrogens is 264 g/mol. The summed E-state index contributed by atoms with van der Waals surface area (Å²) in [5, 5.41) is 0.653. The first-order chi connectivity index (χ1) is 10.2. The van der Waals surface area contributed by atoms with Crippen LogP contribution in [0.15, 0.2) is 29.1 Å². The molecule has 1 N–H and O–H groups in total. The summed E-state index contributed by atoms with van der Waals surface area (Å²) in [4.78, 5) is 24.4. The molecule has 2 aromatic rings. The van der Waals surface area contributed by atoms with E-state index in [1.807, 2.05) is 24.3 Å². The maximum absolute atomic E-state index is 12.2. The predicted molar refractivity (Wildman–Crippen MR) is 85.9 cm³/mol. The van der Waals surface area contributed by atoms with Crippen LogP contribution in [0.2, 0.25) is 0 Å². The van der Waals surface area contributed by atoms with E-state index in [4.69, 9.17) is 0 Å². The second kappa shape index (κ2) is 5.85. The van der Waals surface area contributed by atoms with E-state index in [0.717, 1.165) is 38.1 Å². The molecule has 1 aromatic carbocycles. The number of aromatic nitrogens is 2. The molecule has 0 saturated carbocycles. The molecule has 1 unspecified atom stereocenters. The Labute approximate surface area is 124 Å². The van der Waals surface area contributed by atoms with E-state index in [2.05, 4.69) is 33.6 Å². The minimum Gasteiger partial charge on any atom is -0.341 e. The average molecular weight is 286 g/mol. The largest absolute Gasteiger partial charge is 0.341 e. The lowest BCUT2D eigenvalue weighted by atomic mass is 10.2. The van der Waals surface area contributed by atoms with E-state index in [0.29, 0.717) is 17.4 Å². The van der Waals surface area contributed by atoms with Gasteiger partial charge in [-0.05, 0) is 31.6 Å². The molecule has 1 aromatic heterocycles. The number of benzene rings is 1. The van der Waals surface area contributed by atoms with Crippen molar-refractivity contribution < 1.29 is 0 Å². The Bertz CT molecular complexity index is 677. The first-order valence-electron chi connectivity index (χ1n) is 7.71. The third-order valence-electron chi connectivity index (χ3n) is 4.39. The number of hydrogen-bond donors (Lipinski definition) is 1. The van der Waals surface area contributed by atoms with Crippen LogP contribution in [0.4, 0.5) is 5.95 Å². The number of nitrogens with one attached hydrogen (secondary N) is 1. The van der Waals surface area contributed by atoms with Gasteiger partial charge >= 0.3 is 0 Å². The lowest BCUT2D eigenvalue weighted by Crippen LogP contribution is -2.37. The van der Waals surface area contributed by atoms with Crippen molar-refractivity contribution in [3.63, 3.8) is 0 Å². The summed E-state index contributed by atoms with van der Waals surface area (Å²) in [5.41, 5.74) is 0.712. The van der Waals surface area contributed by atoms with E-state index in [1.54, 1.807) is 0 Å². The first-order valence-corrected chi connectivity index (χ1v) is 7.71. The van der Waals surface area contributed by atoms with Crippen molar-refractivity contribution >= 4 is 16.9 Å². The van der Waals surface area contributed by atoms with Gasteiger partial charge in [-0.2, -0.15) is 0 Å². The summed E-state index contributed by atoms with van der Waals surface area (Å²) in [7, 11) is 0. The summed E-state index contributed by atoms with van der Waals surface area (Å²) in [6.07, 6.45) is 1.12. The van der Waals surface area contributed by atoms with Crippen LogP contribution in [0.3, 0.4) is 0 Å². The van der Waals surface area contributed by atoms with Crippen molar-refractivity contribution in [2.24, 2.45) is 0 Å². The number of hydrogen-bond acceptors (Lipinski definition) is 4. The topological polar surface area (TPSA) is 52.2 Å². The van der Waals surface area contributed by atoms with Gasteiger partial charge in [0.1, 0.15) is 0 Å². The van der Waals surface area contributed by atoms with E-state index >= 15 is 0 Å². The smallest absolute Gasteiger partial charge is 0.260 e. The molecule has 1 atom stereocenters. The molecule has 0 aliphatic carbocycles. The van der Waals surface area contributed by atoms with Gasteiger partial charge in [0.25, 0.3) is 5.56 Å². The first kappa shape index (κ1) is 14.1. The Kier molecular flexibility index (Phi) is 3.92. The zero-order valence-corrected chi connectivity index (χ0v) is 12.7. The van der Waals surface area contributed by atoms with Crippen molar-refractivity contribution in [2.75, 3.05) is 31.1 Å². The molecule has 0 amide bonds. The zero-order chi connectivity index (χ0) is 14.8. The molecule has 0 spiro atoms. The fraction of sp³-hybridized carbons (Fsp3) is 0.500. The predicted octanol–water partition coefficient (Wildman–Crippen LogP) is 1.84. The van der Waals surface area contributed by atoms with Gasteiger partial charge in [-0.3, -0.25) is 14.7 Å². The van der Waals surface area contributed by atoms with Crippen molar-refractivity contribution in [3.8, 4) is 0 Å². The number of H-pyrrole nitrogens is 1. The summed E-state index contributed by atoms with van der Waals surface area (Å²) < 4.78 is 0. The van der Waals surface area contributed by atoms with Crippen LogP contribution in [0, 0.1) is 0 Å². The van der Waals surface area contributed by atoms with E-state index in [9.17, 15) is 4.79 Å². The maximum Gasteiger partial charge on any atom is 0.260 e. The van der Waals surface area contributed by atoms with Crippen LogP contribution >= 0.6 is 0 Å². The fourth-order valence-electron chi connectivity index (χ4n) is 3.20. The second-order valence-corrected chi connectivity index (χ2v) is 5.52. The molecule has 1 aliphatic rings. The Morgan fingerprint density at radius 3 is 2.86 bits per heavy atom. The van der Waals surface area contributed by atoms with Gasteiger partial charge < -0.3 is 4.90 Å². The van der Waals surface area contributed by atoms with Crippen LogP contribution in [-0.4, -0.2) is 47.1 Å². The normalized spacial score (nSPS) is 18.8. The number of fused-ring (bicyclic) bond motifs is 1. The molecule has 3 rings (SSSR count). The van der Waals surface area contributed by atoms with Crippen LogP contribution in [0.1, 0.15) is 20.3 Å². The van der Waals surface area contributed by atoms with Gasteiger partial charge in [-0.25, -0.2) is 4.98 Å². The van der Waals surface area contributed by atoms with Crippen LogP contribution < -0.4 is 10.5 Å². The van der Waals surface area contributed by atoms with Crippen molar-refractivity contribution in [3.05, 3.63) is 34.6 Å². The Morgan fingerprint density at radius 1 is 1.33 bits per heavy atom. The third-order valence-corrected chi connectivity index (χ3v) is 4.39. The fourth-order valence-corrected chi connectivity index (χ4v) is 3.20. The Balaban J connectivity index is 1.87. The molecule has 112 valence electrons. The lowest BCUT2D eigenvalue weighted by molar-refractivity contribution is 0.232. The van der Waals surface area contributed by atoms with Gasteiger partial charge in [0.2, 0.25) is 5.95 Å². The van der Waals surface area contributed by atoms with Gasteiger partial charge in [0.05, 0.1) is 10.9 Å². The maximum atomic E-state index is 12.2. The Morgan fingerprint density at radius 2 is 2.10 bits per heavy atom. The number of likely N-dealkylation sites (N-methyl/N-ethyl adjacent to an activating group) is 1. The summed E-state index contributed by atoms with van der Waals surface area (Å²) >= 11 is 0. The molecule has 1 saturated heterocycles.